The molecule has 0 rings (SSSR count). The summed E-state index contributed by atoms with van der Waals surface area (Å²) in [5.41, 5.74) is -1.51. The summed E-state index contributed by atoms with van der Waals surface area (Å²) in [7, 11) is 0. The van der Waals surface area contributed by atoms with Gasteiger partial charge in [-0.2, -0.15) is 0 Å². The molecule has 0 spiro atoms. The normalized spacial score (nSPS) is 17.4. The van der Waals surface area contributed by atoms with E-state index in [1.165, 1.54) is 0 Å². The van der Waals surface area contributed by atoms with Gasteiger partial charge in [0.1, 0.15) is 5.44 Å². The lowest BCUT2D eigenvalue weighted by molar-refractivity contribution is -0.149. The van der Waals surface area contributed by atoms with Crippen molar-refractivity contribution in [1.29, 1.82) is 0 Å². The van der Waals surface area contributed by atoms with Gasteiger partial charge in [0.15, 0.2) is 6.10 Å². The number of carboxylic acid groups (broad SMARTS) is 1. The van der Waals surface area contributed by atoms with Gasteiger partial charge < -0.3 is 15.3 Å². The van der Waals surface area contributed by atoms with Crippen LogP contribution in [0.5, 0.6) is 0 Å². The van der Waals surface area contributed by atoms with Crippen molar-refractivity contribution in [3.05, 3.63) is 0 Å². The number of aliphatic hydroxyl groups excluding tert-OH is 2. The van der Waals surface area contributed by atoms with Crippen LogP contribution in [0.15, 0.2) is 0 Å². The fourth-order valence-corrected chi connectivity index (χ4v) is 0.255. The Morgan fingerprint density at radius 1 is 1.50 bits per heavy atom. The summed E-state index contributed by atoms with van der Waals surface area (Å²) in [6, 6.07) is 0. The highest BCUT2D eigenvalue weighted by Gasteiger charge is 2.18. The maximum Gasteiger partial charge on any atom is 0.336 e. The Kier molecular flexibility index (Phi) is 2.81. The molecule has 0 amide bonds. The van der Waals surface area contributed by atoms with Crippen molar-refractivity contribution in [2.24, 2.45) is 0 Å². The number of rotatable bonds is 2. The van der Waals surface area contributed by atoms with Crippen molar-refractivity contribution < 1.29 is 20.1 Å². The maximum absolute atomic E-state index is 9.68. The van der Waals surface area contributed by atoms with E-state index in [0.717, 1.165) is 0 Å². The van der Waals surface area contributed by atoms with Crippen LogP contribution in [0.25, 0.3) is 0 Å². The first kappa shape index (κ1) is 7.74. The number of hydrogen-bond donors (Lipinski definition) is 4. The van der Waals surface area contributed by atoms with E-state index in [0.29, 0.717) is 0 Å². The summed E-state index contributed by atoms with van der Waals surface area (Å²) in [6.07, 6.45) is -1.79. The average Bonchev–Trinajstić information content (AvgIpc) is 1.64. The number of carbonyl (C=O) groups is 1. The summed E-state index contributed by atoms with van der Waals surface area (Å²) in [5, 5.41) is 24.4. The standard InChI is InChI=1S/C3H6O4S/c4-1(2(5)6)3(7)8/h1,3-4,7-8H,(H,5,6). The lowest BCUT2D eigenvalue weighted by Crippen LogP contribution is -2.29. The van der Waals surface area contributed by atoms with Crippen molar-refractivity contribution in [3.8, 4) is 0 Å². The van der Waals surface area contributed by atoms with Crippen LogP contribution in [0.2, 0.25) is 0 Å². The van der Waals surface area contributed by atoms with E-state index < -0.39 is 17.5 Å². The highest BCUT2D eigenvalue weighted by molar-refractivity contribution is 7.80. The lowest BCUT2D eigenvalue weighted by Gasteiger charge is -2.04. The zero-order valence-corrected chi connectivity index (χ0v) is 4.75. The molecule has 8 heavy (non-hydrogen) atoms. The fourth-order valence-electron chi connectivity index (χ4n) is 0.128. The van der Waals surface area contributed by atoms with Crippen LogP contribution in [0.3, 0.4) is 0 Å². The van der Waals surface area contributed by atoms with Crippen molar-refractivity contribution in [2.75, 3.05) is 0 Å². The number of aliphatic carboxylic acids is 1. The summed E-state index contributed by atoms with van der Waals surface area (Å²) in [6.45, 7) is 0. The van der Waals surface area contributed by atoms with Gasteiger partial charge in [-0.05, 0) is 0 Å². The monoisotopic (exact) mass is 138 g/mol. The zero-order valence-electron chi connectivity index (χ0n) is 3.85. The zero-order chi connectivity index (χ0) is 6.73. The van der Waals surface area contributed by atoms with E-state index in [1.807, 2.05) is 0 Å². The van der Waals surface area contributed by atoms with Gasteiger partial charge in [0.2, 0.25) is 0 Å². The Bertz CT molecular complexity index is 91.3. The van der Waals surface area contributed by atoms with Gasteiger partial charge >= 0.3 is 5.97 Å². The van der Waals surface area contributed by atoms with Crippen molar-refractivity contribution >= 4 is 18.6 Å². The third-order valence-corrected chi connectivity index (χ3v) is 0.818. The molecular weight excluding hydrogens is 132 g/mol. The van der Waals surface area contributed by atoms with Gasteiger partial charge in [-0.15, -0.1) is 12.6 Å². The van der Waals surface area contributed by atoms with E-state index >= 15 is 0 Å². The lowest BCUT2D eigenvalue weighted by atomic mass is 10.4. The topological polar surface area (TPSA) is 77.8 Å². The molecule has 48 valence electrons. The molecular formula is C3H6O4S. The number of carboxylic acids is 1. The van der Waals surface area contributed by atoms with Crippen molar-refractivity contribution in [3.63, 3.8) is 0 Å². The second-order valence-electron chi connectivity index (χ2n) is 1.20. The molecule has 0 aliphatic rings. The maximum atomic E-state index is 9.68. The SMILES string of the molecule is O=C(O)C(O)C(O)S. The third kappa shape index (κ3) is 2.15. The minimum atomic E-state index is -1.79. The summed E-state index contributed by atoms with van der Waals surface area (Å²) in [4.78, 5) is 9.68. The summed E-state index contributed by atoms with van der Waals surface area (Å²) in [5.74, 6) is -1.48. The minimum absolute atomic E-state index is 1.48. The molecule has 0 aromatic rings. The molecule has 3 N–H and O–H groups in total. The molecule has 0 saturated carbocycles. The molecule has 0 heterocycles. The van der Waals surface area contributed by atoms with Crippen LogP contribution in [-0.2, 0) is 4.79 Å². The van der Waals surface area contributed by atoms with Crippen molar-refractivity contribution in [1.82, 2.24) is 0 Å². The molecule has 0 radical (unpaired) electrons. The second-order valence-corrected chi connectivity index (χ2v) is 1.73. The first-order valence-corrected chi connectivity index (χ1v) is 2.34. The van der Waals surface area contributed by atoms with Gasteiger partial charge in [0.05, 0.1) is 0 Å². The largest absolute Gasteiger partial charge is 0.479 e. The highest BCUT2D eigenvalue weighted by atomic mass is 32.1. The van der Waals surface area contributed by atoms with Crippen LogP contribution in [-0.4, -0.2) is 32.8 Å². The molecule has 0 aliphatic carbocycles. The molecule has 0 fully saturated rings. The van der Waals surface area contributed by atoms with Crippen LogP contribution in [0, 0.1) is 0 Å². The van der Waals surface area contributed by atoms with Gasteiger partial charge in [-0.3, -0.25) is 0 Å². The van der Waals surface area contributed by atoms with E-state index in [2.05, 4.69) is 12.6 Å². The summed E-state index contributed by atoms with van der Waals surface area (Å²) < 4.78 is 0. The quantitative estimate of drug-likeness (QED) is 0.282. The van der Waals surface area contributed by atoms with Gasteiger partial charge in [-0.25, -0.2) is 4.79 Å². The molecule has 0 saturated heterocycles. The molecule has 5 heteroatoms. The molecule has 0 bridgehead atoms. The molecule has 0 aromatic heterocycles. The summed E-state index contributed by atoms with van der Waals surface area (Å²) >= 11 is 3.26. The average molecular weight is 138 g/mol. The van der Waals surface area contributed by atoms with Crippen molar-refractivity contribution in [2.45, 2.75) is 11.5 Å². The van der Waals surface area contributed by atoms with Gasteiger partial charge in [-0.1, -0.05) is 0 Å². The van der Waals surface area contributed by atoms with Gasteiger partial charge in [0.25, 0.3) is 0 Å². The van der Waals surface area contributed by atoms with E-state index in [4.69, 9.17) is 15.3 Å². The molecule has 0 aromatic carbocycles. The number of aliphatic hydroxyl groups is 2. The van der Waals surface area contributed by atoms with E-state index in [1.54, 1.807) is 0 Å². The Balaban J connectivity index is 3.64. The fraction of sp³-hybridized carbons (Fsp3) is 0.667. The van der Waals surface area contributed by atoms with Crippen LogP contribution >= 0.6 is 12.6 Å². The molecule has 2 atom stereocenters. The third-order valence-electron chi connectivity index (χ3n) is 0.535. The van der Waals surface area contributed by atoms with E-state index in [-0.39, 0.29) is 0 Å². The minimum Gasteiger partial charge on any atom is -0.479 e. The first-order chi connectivity index (χ1) is 3.55. The Labute approximate surface area is 51.2 Å². The second kappa shape index (κ2) is 2.91. The van der Waals surface area contributed by atoms with Crippen LogP contribution < -0.4 is 0 Å². The first-order valence-electron chi connectivity index (χ1n) is 1.82. The molecule has 4 nitrogen and oxygen atoms in total. The number of hydrogen-bond acceptors (Lipinski definition) is 4. The molecule has 2 unspecified atom stereocenters. The van der Waals surface area contributed by atoms with Crippen LogP contribution in [0.1, 0.15) is 0 Å². The Morgan fingerprint density at radius 2 is 1.88 bits per heavy atom. The Morgan fingerprint density at radius 3 is 1.88 bits per heavy atom. The predicted octanol–water partition coefficient (Wildman–Crippen LogP) is -1.32. The van der Waals surface area contributed by atoms with Crippen LogP contribution in [0.4, 0.5) is 0 Å². The molecule has 0 aliphatic heterocycles. The number of thiol groups is 1. The predicted molar refractivity (Wildman–Crippen MR) is 28.6 cm³/mol. The smallest absolute Gasteiger partial charge is 0.336 e. The highest BCUT2D eigenvalue weighted by Crippen LogP contribution is 1.95. The Hall–Kier alpha value is -0.260. The van der Waals surface area contributed by atoms with Gasteiger partial charge in [0, 0.05) is 0 Å². The van der Waals surface area contributed by atoms with E-state index in [9.17, 15) is 4.79 Å².